The lowest BCUT2D eigenvalue weighted by Gasteiger charge is -2.43. The number of nitrogens with zero attached hydrogens (tertiary/aromatic N) is 2. The molecule has 0 saturated carbocycles. The Labute approximate surface area is 156 Å². The number of benzene rings is 2. The van der Waals surface area contributed by atoms with E-state index >= 15 is 0 Å². The number of imidazole rings is 1. The molecule has 7 heteroatoms. The summed E-state index contributed by atoms with van der Waals surface area (Å²) in [6.45, 7) is -0.553. The van der Waals surface area contributed by atoms with Crippen LogP contribution in [-0.2, 0) is 0 Å². The average molecular weight is 367 g/mol. The van der Waals surface area contributed by atoms with Crippen molar-refractivity contribution >= 4 is 11.5 Å². The summed E-state index contributed by atoms with van der Waals surface area (Å²) >= 11 is 0. The Hall–Kier alpha value is -2.71. The Kier molecular flexibility index (Phi) is 4.67. The first-order chi connectivity index (χ1) is 13.1. The van der Waals surface area contributed by atoms with Gasteiger partial charge in [0.1, 0.15) is 24.1 Å². The Bertz CT molecular complexity index is 900. The zero-order valence-electron chi connectivity index (χ0n) is 14.5. The number of nitrogens with one attached hydrogen (secondary N) is 1. The second-order valence-electron chi connectivity index (χ2n) is 6.57. The third kappa shape index (κ3) is 3.00. The van der Waals surface area contributed by atoms with E-state index in [0.29, 0.717) is 23.0 Å². The number of H-pyrrole nitrogens is 1. The van der Waals surface area contributed by atoms with Crippen LogP contribution in [0.4, 0.5) is 11.5 Å². The predicted octanol–water partition coefficient (Wildman–Crippen LogP) is 1.34. The maximum absolute atomic E-state index is 10.7. The molecule has 0 fully saturated rings. The van der Waals surface area contributed by atoms with Gasteiger partial charge in [-0.15, -0.1) is 0 Å². The molecule has 0 radical (unpaired) electrons. The molecule has 27 heavy (non-hydrogen) atoms. The first kappa shape index (κ1) is 17.7. The van der Waals surface area contributed by atoms with Crippen LogP contribution in [0.25, 0.3) is 11.4 Å². The molecule has 140 valence electrons. The van der Waals surface area contributed by atoms with Gasteiger partial charge in [-0.1, -0.05) is 48.5 Å². The molecule has 1 aliphatic heterocycles. The lowest BCUT2D eigenvalue weighted by Crippen LogP contribution is -2.55. The van der Waals surface area contributed by atoms with E-state index in [2.05, 4.69) is 9.97 Å². The third-order valence-corrected chi connectivity index (χ3v) is 4.87. The van der Waals surface area contributed by atoms with Crippen LogP contribution in [0.5, 0.6) is 0 Å². The largest absolute Gasteiger partial charge is 0.394 e. The Morgan fingerprint density at radius 2 is 1.63 bits per heavy atom. The molecule has 4 rings (SSSR count). The van der Waals surface area contributed by atoms with E-state index in [9.17, 15) is 20.4 Å². The number of aromatic amines is 1. The Morgan fingerprint density at radius 1 is 1.00 bits per heavy atom. The number of fused-ring (bicyclic) bond motifs is 1. The number of hydrogen-bond acceptors (Lipinski definition) is 6. The van der Waals surface area contributed by atoms with Crippen molar-refractivity contribution in [1.29, 1.82) is 0 Å². The Balaban J connectivity index is 1.89. The molecular formula is C20H21N3O4. The van der Waals surface area contributed by atoms with Gasteiger partial charge in [-0.25, -0.2) is 4.98 Å². The predicted molar refractivity (Wildman–Crippen MR) is 100 cm³/mol. The minimum Gasteiger partial charge on any atom is -0.394 e. The van der Waals surface area contributed by atoms with Crippen molar-refractivity contribution in [1.82, 2.24) is 9.97 Å². The van der Waals surface area contributed by atoms with Gasteiger partial charge in [-0.05, 0) is 12.1 Å². The molecule has 1 aliphatic rings. The minimum atomic E-state index is -1.32. The highest BCUT2D eigenvalue weighted by molar-refractivity contribution is 5.70. The van der Waals surface area contributed by atoms with Crippen molar-refractivity contribution in [3.63, 3.8) is 0 Å². The number of rotatable bonds is 4. The number of hydrogen-bond donors (Lipinski definition) is 5. The third-order valence-electron chi connectivity index (χ3n) is 4.87. The molecule has 3 aromatic rings. The highest BCUT2D eigenvalue weighted by Crippen LogP contribution is 2.42. The molecule has 5 N–H and O–H groups in total. The van der Waals surface area contributed by atoms with Crippen LogP contribution in [0, 0.1) is 0 Å². The standard InChI is InChI=1S/C20H21N3O4/c24-11-14(25)16-18(27)17(26)15-20(23(16)13-9-5-2-6-10-13)22-19(21-15)12-7-3-1-4-8-12/h1-10,14,16-18,24-27H,11H2,(H,21,22)/t14?,16-,17+,18-/m0/s1. The molecule has 2 aromatic carbocycles. The van der Waals surface area contributed by atoms with Crippen molar-refractivity contribution in [2.24, 2.45) is 0 Å². The maximum atomic E-state index is 10.7. The van der Waals surface area contributed by atoms with Crippen LogP contribution < -0.4 is 4.90 Å². The molecule has 0 bridgehead atoms. The molecular weight excluding hydrogens is 346 g/mol. The van der Waals surface area contributed by atoms with E-state index in [1.54, 1.807) is 4.90 Å². The van der Waals surface area contributed by atoms with Gasteiger partial charge in [0.05, 0.1) is 18.3 Å². The smallest absolute Gasteiger partial charge is 0.158 e. The molecule has 0 saturated heterocycles. The van der Waals surface area contributed by atoms with Crippen molar-refractivity contribution in [2.45, 2.75) is 24.4 Å². The fourth-order valence-corrected chi connectivity index (χ4v) is 3.54. The zero-order valence-corrected chi connectivity index (χ0v) is 14.5. The summed E-state index contributed by atoms with van der Waals surface area (Å²) in [5.41, 5.74) is 1.89. The second kappa shape index (κ2) is 7.13. The van der Waals surface area contributed by atoms with E-state index in [0.717, 1.165) is 5.56 Å². The number of aromatic nitrogens is 2. The van der Waals surface area contributed by atoms with Gasteiger partial charge < -0.3 is 30.3 Å². The normalized spacial score (nSPS) is 23.1. The fourth-order valence-electron chi connectivity index (χ4n) is 3.54. The van der Waals surface area contributed by atoms with Crippen LogP contribution in [0.2, 0.25) is 0 Å². The van der Waals surface area contributed by atoms with Gasteiger partial charge in [0.25, 0.3) is 0 Å². The zero-order chi connectivity index (χ0) is 19.0. The van der Waals surface area contributed by atoms with Gasteiger partial charge in [0.15, 0.2) is 5.82 Å². The van der Waals surface area contributed by atoms with Crippen molar-refractivity contribution in [3.8, 4) is 11.4 Å². The summed E-state index contributed by atoms with van der Waals surface area (Å²) in [7, 11) is 0. The molecule has 4 atom stereocenters. The summed E-state index contributed by atoms with van der Waals surface area (Å²) < 4.78 is 0. The summed E-state index contributed by atoms with van der Waals surface area (Å²) in [5, 5.41) is 41.2. The second-order valence-corrected chi connectivity index (χ2v) is 6.57. The molecule has 0 spiro atoms. The van der Waals surface area contributed by atoms with E-state index < -0.39 is 31.0 Å². The van der Waals surface area contributed by atoms with Crippen LogP contribution in [0.3, 0.4) is 0 Å². The van der Waals surface area contributed by atoms with Crippen LogP contribution in [0.1, 0.15) is 11.8 Å². The maximum Gasteiger partial charge on any atom is 0.158 e. The van der Waals surface area contributed by atoms with Crippen molar-refractivity contribution in [2.75, 3.05) is 11.5 Å². The van der Waals surface area contributed by atoms with E-state index in [4.69, 9.17) is 0 Å². The van der Waals surface area contributed by atoms with E-state index in [-0.39, 0.29) is 0 Å². The summed E-state index contributed by atoms with van der Waals surface area (Å²) in [4.78, 5) is 9.40. The summed E-state index contributed by atoms with van der Waals surface area (Å²) in [6, 6.07) is 17.7. The first-order valence-electron chi connectivity index (χ1n) is 8.76. The highest BCUT2D eigenvalue weighted by atomic mass is 16.3. The minimum absolute atomic E-state index is 0.367. The van der Waals surface area contributed by atoms with Gasteiger partial charge in [-0.3, -0.25) is 0 Å². The van der Waals surface area contributed by atoms with Crippen molar-refractivity contribution in [3.05, 3.63) is 66.4 Å². The summed E-state index contributed by atoms with van der Waals surface area (Å²) in [6.07, 6.45) is -3.85. The lowest BCUT2D eigenvalue weighted by atomic mass is 9.92. The van der Waals surface area contributed by atoms with Crippen LogP contribution >= 0.6 is 0 Å². The SMILES string of the molecule is OCC(O)[C@H]1[C@H](O)[C@H](O)c2[nH]c(-c3ccccc3)nc2N1c1ccccc1. The van der Waals surface area contributed by atoms with Crippen molar-refractivity contribution < 1.29 is 20.4 Å². The fraction of sp³-hybridized carbons (Fsp3) is 0.250. The first-order valence-corrected chi connectivity index (χ1v) is 8.76. The lowest BCUT2D eigenvalue weighted by molar-refractivity contribution is -0.0470. The van der Waals surface area contributed by atoms with Crippen LogP contribution in [0.15, 0.2) is 60.7 Å². The highest BCUT2D eigenvalue weighted by Gasteiger charge is 2.45. The number of aliphatic hydroxyl groups is 4. The van der Waals surface area contributed by atoms with Gasteiger partial charge >= 0.3 is 0 Å². The molecule has 1 unspecified atom stereocenters. The summed E-state index contributed by atoms with van der Waals surface area (Å²) in [5.74, 6) is 0.960. The monoisotopic (exact) mass is 367 g/mol. The number of anilines is 2. The average Bonchev–Trinajstić information content (AvgIpc) is 3.16. The quantitative estimate of drug-likeness (QED) is 0.476. The number of para-hydroxylation sites is 1. The van der Waals surface area contributed by atoms with Gasteiger partial charge in [0.2, 0.25) is 0 Å². The number of aliphatic hydroxyl groups excluding tert-OH is 4. The Morgan fingerprint density at radius 3 is 2.26 bits per heavy atom. The molecule has 2 heterocycles. The molecule has 7 nitrogen and oxygen atoms in total. The van der Waals surface area contributed by atoms with E-state index in [1.165, 1.54) is 0 Å². The van der Waals surface area contributed by atoms with Gasteiger partial charge in [0, 0.05) is 11.3 Å². The van der Waals surface area contributed by atoms with Gasteiger partial charge in [-0.2, -0.15) is 0 Å². The topological polar surface area (TPSA) is 113 Å². The molecule has 1 aromatic heterocycles. The van der Waals surface area contributed by atoms with Crippen LogP contribution in [-0.4, -0.2) is 55.3 Å². The molecule has 0 aliphatic carbocycles. The van der Waals surface area contributed by atoms with E-state index in [1.807, 2.05) is 60.7 Å². The molecule has 0 amide bonds.